The van der Waals surface area contributed by atoms with Gasteiger partial charge < -0.3 is 15.2 Å². The SMILES string of the molecule is CCn1cc(S(=O)(=O)NCCN(C)C(C)C)cc1CN. The zero-order valence-electron chi connectivity index (χ0n) is 12.8. The first kappa shape index (κ1) is 17.2. The van der Waals surface area contributed by atoms with Gasteiger partial charge in [0.05, 0.1) is 4.90 Å². The Hall–Kier alpha value is -0.890. The summed E-state index contributed by atoms with van der Waals surface area (Å²) in [6, 6.07) is 2.03. The Morgan fingerprint density at radius 2 is 2.10 bits per heavy atom. The van der Waals surface area contributed by atoms with Gasteiger partial charge in [-0.15, -0.1) is 0 Å². The molecule has 7 heteroatoms. The van der Waals surface area contributed by atoms with E-state index in [-0.39, 0.29) is 4.90 Å². The van der Waals surface area contributed by atoms with Crippen molar-refractivity contribution in [1.29, 1.82) is 0 Å². The molecule has 0 atom stereocenters. The molecule has 116 valence electrons. The molecule has 0 saturated heterocycles. The number of aryl methyl sites for hydroxylation is 1. The summed E-state index contributed by atoms with van der Waals surface area (Å²) >= 11 is 0. The lowest BCUT2D eigenvalue weighted by Crippen LogP contribution is -2.36. The second-order valence-electron chi connectivity index (χ2n) is 5.13. The fourth-order valence-corrected chi connectivity index (χ4v) is 2.92. The molecule has 1 rings (SSSR count). The van der Waals surface area contributed by atoms with Crippen LogP contribution in [0.5, 0.6) is 0 Å². The van der Waals surface area contributed by atoms with Crippen molar-refractivity contribution < 1.29 is 8.42 Å². The lowest BCUT2D eigenvalue weighted by molar-refractivity contribution is 0.278. The number of nitrogens with one attached hydrogen (secondary N) is 1. The third kappa shape index (κ3) is 4.31. The van der Waals surface area contributed by atoms with E-state index in [0.29, 0.717) is 32.2 Å². The Balaban J connectivity index is 2.71. The Morgan fingerprint density at radius 1 is 1.45 bits per heavy atom. The van der Waals surface area contributed by atoms with E-state index in [9.17, 15) is 8.42 Å². The van der Waals surface area contributed by atoms with Crippen LogP contribution in [0.1, 0.15) is 26.5 Å². The Kier molecular flexibility index (Phi) is 6.19. The highest BCUT2D eigenvalue weighted by Gasteiger charge is 2.17. The molecule has 0 aliphatic rings. The average molecular weight is 302 g/mol. The molecule has 1 aromatic heterocycles. The molecule has 0 unspecified atom stereocenters. The molecule has 0 aliphatic carbocycles. The minimum absolute atomic E-state index is 0.284. The van der Waals surface area contributed by atoms with Gasteiger partial charge in [0.15, 0.2) is 0 Å². The van der Waals surface area contributed by atoms with E-state index in [4.69, 9.17) is 5.73 Å². The van der Waals surface area contributed by atoms with Crippen molar-refractivity contribution in [2.75, 3.05) is 20.1 Å². The number of aromatic nitrogens is 1. The van der Waals surface area contributed by atoms with Gasteiger partial charge in [-0.25, -0.2) is 13.1 Å². The maximum atomic E-state index is 12.2. The maximum Gasteiger partial charge on any atom is 0.242 e. The van der Waals surface area contributed by atoms with Crippen LogP contribution in [0.15, 0.2) is 17.2 Å². The lowest BCUT2D eigenvalue weighted by Gasteiger charge is -2.20. The van der Waals surface area contributed by atoms with E-state index in [1.54, 1.807) is 12.3 Å². The second-order valence-corrected chi connectivity index (χ2v) is 6.90. The summed E-state index contributed by atoms with van der Waals surface area (Å²) in [6.45, 7) is 8.21. The molecule has 0 amide bonds. The zero-order chi connectivity index (χ0) is 15.3. The third-order valence-corrected chi connectivity index (χ3v) is 4.89. The van der Waals surface area contributed by atoms with E-state index >= 15 is 0 Å². The van der Waals surface area contributed by atoms with Crippen LogP contribution >= 0.6 is 0 Å². The monoisotopic (exact) mass is 302 g/mol. The van der Waals surface area contributed by atoms with E-state index < -0.39 is 10.0 Å². The smallest absolute Gasteiger partial charge is 0.242 e. The Labute approximate surface area is 122 Å². The van der Waals surface area contributed by atoms with Crippen molar-refractivity contribution in [3.8, 4) is 0 Å². The van der Waals surface area contributed by atoms with Crippen LogP contribution in [-0.4, -0.2) is 44.1 Å². The Bertz CT molecular complexity index is 501. The zero-order valence-corrected chi connectivity index (χ0v) is 13.6. The number of nitrogens with two attached hydrogens (primary N) is 1. The lowest BCUT2D eigenvalue weighted by atomic mass is 10.3. The number of hydrogen-bond donors (Lipinski definition) is 2. The molecule has 3 N–H and O–H groups in total. The molecule has 0 radical (unpaired) electrons. The quantitative estimate of drug-likeness (QED) is 0.736. The molecule has 0 aliphatic heterocycles. The molecular formula is C13H26N4O2S. The molecule has 6 nitrogen and oxygen atoms in total. The Morgan fingerprint density at radius 3 is 2.55 bits per heavy atom. The van der Waals surface area contributed by atoms with Crippen LogP contribution in [0.2, 0.25) is 0 Å². The summed E-state index contributed by atoms with van der Waals surface area (Å²) in [5, 5.41) is 0. The van der Waals surface area contributed by atoms with Crippen LogP contribution < -0.4 is 10.5 Å². The van der Waals surface area contributed by atoms with Gasteiger partial charge in [-0.1, -0.05) is 0 Å². The first-order valence-electron chi connectivity index (χ1n) is 6.90. The van der Waals surface area contributed by atoms with Gasteiger partial charge >= 0.3 is 0 Å². The topological polar surface area (TPSA) is 80.4 Å². The van der Waals surface area contributed by atoms with Crippen molar-refractivity contribution in [2.24, 2.45) is 5.73 Å². The van der Waals surface area contributed by atoms with Crippen LogP contribution in [-0.2, 0) is 23.1 Å². The highest BCUT2D eigenvalue weighted by molar-refractivity contribution is 7.89. The fraction of sp³-hybridized carbons (Fsp3) is 0.692. The van der Waals surface area contributed by atoms with Crippen molar-refractivity contribution >= 4 is 10.0 Å². The van der Waals surface area contributed by atoms with Crippen LogP contribution in [0.3, 0.4) is 0 Å². The van der Waals surface area contributed by atoms with E-state index in [2.05, 4.69) is 23.5 Å². The third-order valence-electron chi connectivity index (χ3n) is 3.46. The summed E-state index contributed by atoms with van der Waals surface area (Å²) < 4.78 is 28.9. The van der Waals surface area contributed by atoms with Crippen molar-refractivity contribution in [3.63, 3.8) is 0 Å². The number of sulfonamides is 1. The first-order chi connectivity index (χ1) is 9.31. The van der Waals surface area contributed by atoms with Crippen molar-refractivity contribution in [1.82, 2.24) is 14.2 Å². The molecule has 0 bridgehead atoms. The molecule has 0 aromatic carbocycles. The van der Waals surface area contributed by atoms with Gasteiger partial charge in [0.1, 0.15) is 0 Å². The minimum Gasteiger partial charge on any atom is -0.349 e. The number of likely N-dealkylation sites (N-methyl/N-ethyl adjacent to an activating group) is 1. The molecule has 1 aromatic rings. The molecule has 0 spiro atoms. The highest BCUT2D eigenvalue weighted by atomic mass is 32.2. The largest absolute Gasteiger partial charge is 0.349 e. The van der Waals surface area contributed by atoms with Gasteiger partial charge in [-0.05, 0) is 33.9 Å². The van der Waals surface area contributed by atoms with Crippen LogP contribution in [0, 0.1) is 0 Å². The standard InChI is InChI=1S/C13H26N4O2S/c1-5-17-10-13(8-12(17)9-14)20(18,19)15-6-7-16(4)11(2)3/h8,10-11,15H,5-7,9,14H2,1-4H3. The number of rotatable bonds is 8. The maximum absolute atomic E-state index is 12.2. The average Bonchev–Trinajstić information content (AvgIpc) is 2.82. The minimum atomic E-state index is -3.46. The summed E-state index contributed by atoms with van der Waals surface area (Å²) in [7, 11) is -1.49. The molecule has 1 heterocycles. The normalized spacial score (nSPS) is 12.6. The van der Waals surface area contributed by atoms with Gasteiger partial charge in [0, 0.05) is 44.1 Å². The number of nitrogens with zero attached hydrogens (tertiary/aromatic N) is 2. The van der Waals surface area contributed by atoms with E-state index in [0.717, 1.165) is 5.69 Å². The highest BCUT2D eigenvalue weighted by Crippen LogP contribution is 2.14. The molecule has 0 saturated carbocycles. The predicted octanol–water partition coefficient (Wildman–Crippen LogP) is 0.585. The van der Waals surface area contributed by atoms with E-state index in [1.165, 1.54) is 0 Å². The summed E-state index contributed by atoms with van der Waals surface area (Å²) in [6.07, 6.45) is 1.64. The van der Waals surface area contributed by atoms with Crippen LogP contribution in [0.4, 0.5) is 0 Å². The van der Waals surface area contributed by atoms with Crippen molar-refractivity contribution in [2.45, 2.75) is 44.8 Å². The van der Waals surface area contributed by atoms with Crippen molar-refractivity contribution in [3.05, 3.63) is 18.0 Å². The second kappa shape index (κ2) is 7.21. The summed E-state index contributed by atoms with van der Waals surface area (Å²) in [4.78, 5) is 2.37. The molecule has 20 heavy (non-hydrogen) atoms. The molecular weight excluding hydrogens is 276 g/mol. The van der Waals surface area contributed by atoms with Gasteiger partial charge in [0.25, 0.3) is 0 Å². The fourth-order valence-electron chi connectivity index (χ4n) is 1.84. The van der Waals surface area contributed by atoms with Gasteiger partial charge in [0.2, 0.25) is 10.0 Å². The summed E-state index contributed by atoms with van der Waals surface area (Å²) in [5.74, 6) is 0. The summed E-state index contributed by atoms with van der Waals surface area (Å²) in [5.41, 5.74) is 6.44. The predicted molar refractivity (Wildman–Crippen MR) is 81.0 cm³/mol. The van der Waals surface area contributed by atoms with Gasteiger partial charge in [-0.3, -0.25) is 0 Å². The number of hydrogen-bond acceptors (Lipinski definition) is 4. The van der Waals surface area contributed by atoms with E-state index in [1.807, 2.05) is 18.5 Å². The first-order valence-corrected chi connectivity index (χ1v) is 8.39. The molecule has 0 fully saturated rings. The van der Waals surface area contributed by atoms with Crippen LogP contribution in [0.25, 0.3) is 0 Å². The van der Waals surface area contributed by atoms with Gasteiger partial charge in [-0.2, -0.15) is 0 Å².